The van der Waals surface area contributed by atoms with Crippen LogP contribution in [0.5, 0.6) is 0 Å². The molecule has 1 aromatic carbocycles. The molecule has 0 aliphatic rings. The Bertz CT molecular complexity index is 409. The summed E-state index contributed by atoms with van der Waals surface area (Å²) in [6.07, 6.45) is 2.03. The van der Waals surface area contributed by atoms with Gasteiger partial charge in [-0.25, -0.2) is 0 Å². The molecule has 64 valence electrons. The van der Waals surface area contributed by atoms with Crippen LogP contribution in [0.4, 0.5) is 0 Å². The van der Waals surface area contributed by atoms with Gasteiger partial charge in [0.25, 0.3) is 0 Å². The second kappa shape index (κ2) is 3.18. The van der Waals surface area contributed by atoms with Crippen LogP contribution in [-0.4, -0.2) is 16.4 Å². The Balaban J connectivity index is 2.47. The van der Waals surface area contributed by atoms with Gasteiger partial charge >= 0.3 is 0 Å². The minimum absolute atomic E-state index is 0.490. The third kappa shape index (κ3) is 1.46. The van der Waals surface area contributed by atoms with Crippen LogP contribution in [0, 0.1) is 0 Å². The normalized spacial score (nSPS) is 9.85. The smallest absolute Gasteiger partial charge is 0.214 e. The van der Waals surface area contributed by atoms with E-state index in [0.717, 1.165) is 11.8 Å². The van der Waals surface area contributed by atoms with Gasteiger partial charge in [-0.15, -0.1) is 0 Å². The average Bonchev–Trinajstić information content (AvgIpc) is 2.71. The summed E-state index contributed by atoms with van der Waals surface area (Å²) in [7, 11) is 0. The number of hydrogen-bond acceptors (Lipinski definition) is 4. The van der Waals surface area contributed by atoms with Crippen molar-refractivity contribution in [3.8, 4) is 11.4 Å². The number of aromatic nitrogens is 2. The Morgan fingerprint density at radius 1 is 1.38 bits per heavy atom. The number of benzene rings is 1. The lowest BCUT2D eigenvalue weighted by Gasteiger charge is -1.93. The van der Waals surface area contributed by atoms with Crippen LogP contribution >= 0.6 is 0 Å². The fourth-order valence-electron chi connectivity index (χ4n) is 1.05. The first-order valence-corrected chi connectivity index (χ1v) is 3.72. The molecule has 1 heterocycles. The minimum Gasteiger partial charge on any atom is -0.342 e. The molecule has 0 atom stereocenters. The Labute approximate surface area is 74.2 Å². The molecule has 2 aromatic rings. The standard InChI is InChI=1S/C9H6N2O2/c12-5-7-2-1-3-8(4-7)9-10-6-13-11-9/h1-6H. The van der Waals surface area contributed by atoms with Gasteiger partial charge in [-0.3, -0.25) is 4.79 Å². The van der Waals surface area contributed by atoms with Gasteiger partial charge in [0.05, 0.1) is 0 Å². The number of carbonyl (C=O) groups excluding carboxylic acids is 1. The van der Waals surface area contributed by atoms with E-state index in [4.69, 9.17) is 0 Å². The molecule has 0 bridgehead atoms. The first-order valence-electron chi connectivity index (χ1n) is 3.72. The molecule has 0 N–H and O–H groups in total. The Kier molecular flexibility index (Phi) is 1.88. The van der Waals surface area contributed by atoms with Crippen molar-refractivity contribution >= 4 is 6.29 Å². The molecule has 0 saturated carbocycles. The topological polar surface area (TPSA) is 56.0 Å². The fourth-order valence-corrected chi connectivity index (χ4v) is 1.05. The molecule has 0 aliphatic carbocycles. The molecular formula is C9H6N2O2. The summed E-state index contributed by atoms with van der Waals surface area (Å²) in [5.74, 6) is 0.490. The van der Waals surface area contributed by atoms with Crippen LogP contribution in [0.2, 0.25) is 0 Å². The van der Waals surface area contributed by atoms with Crippen molar-refractivity contribution in [2.75, 3.05) is 0 Å². The van der Waals surface area contributed by atoms with Gasteiger partial charge in [0.1, 0.15) is 6.29 Å². The molecule has 13 heavy (non-hydrogen) atoms. The lowest BCUT2D eigenvalue weighted by Crippen LogP contribution is -1.83. The SMILES string of the molecule is O=Cc1cccc(-c2ncon2)c1. The van der Waals surface area contributed by atoms with Crippen molar-refractivity contribution in [1.82, 2.24) is 10.1 Å². The molecule has 2 rings (SSSR count). The maximum atomic E-state index is 10.5. The molecule has 0 aliphatic heterocycles. The Morgan fingerprint density at radius 3 is 3.00 bits per heavy atom. The predicted molar refractivity (Wildman–Crippen MR) is 45.1 cm³/mol. The quantitative estimate of drug-likeness (QED) is 0.648. The van der Waals surface area contributed by atoms with Gasteiger partial charge < -0.3 is 4.52 Å². The first kappa shape index (κ1) is 7.67. The van der Waals surface area contributed by atoms with Gasteiger partial charge in [0.15, 0.2) is 0 Å². The highest BCUT2D eigenvalue weighted by atomic mass is 16.5. The van der Waals surface area contributed by atoms with Gasteiger partial charge in [0.2, 0.25) is 12.2 Å². The molecule has 0 saturated heterocycles. The van der Waals surface area contributed by atoms with Gasteiger partial charge in [-0.1, -0.05) is 23.4 Å². The maximum absolute atomic E-state index is 10.5. The molecular weight excluding hydrogens is 168 g/mol. The zero-order chi connectivity index (χ0) is 9.10. The van der Waals surface area contributed by atoms with Crippen LogP contribution in [0.25, 0.3) is 11.4 Å². The van der Waals surface area contributed by atoms with Crippen molar-refractivity contribution in [2.24, 2.45) is 0 Å². The number of nitrogens with zero attached hydrogens (tertiary/aromatic N) is 2. The van der Waals surface area contributed by atoms with E-state index < -0.39 is 0 Å². The van der Waals surface area contributed by atoms with Crippen molar-refractivity contribution < 1.29 is 9.32 Å². The predicted octanol–water partition coefficient (Wildman–Crippen LogP) is 1.55. The van der Waals surface area contributed by atoms with E-state index in [0.29, 0.717) is 11.4 Å². The second-order valence-electron chi connectivity index (χ2n) is 2.50. The summed E-state index contributed by atoms with van der Waals surface area (Å²) in [6, 6.07) is 7.02. The third-order valence-electron chi connectivity index (χ3n) is 1.64. The zero-order valence-corrected chi connectivity index (χ0v) is 6.68. The van der Waals surface area contributed by atoms with Crippen molar-refractivity contribution in [3.05, 3.63) is 36.2 Å². The van der Waals surface area contributed by atoms with Crippen LogP contribution in [-0.2, 0) is 0 Å². The summed E-state index contributed by atoms with van der Waals surface area (Å²) in [4.78, 5) is 14.3. The van der Waals surface area contributed by atoms with Gasteiger partial charge in [-0.05, 0) is 6.07 Å². The molecule has 0 radical (unpaired) electrons. The lowest BCUT2D eigenvalue weighted by molar-refractivity contribution is 0.112. The lowest BCUT2D eigenvalue weighted by atomic mass is 10.1. The van der Waals surface area contributed by atoms with Crippen LogP contribution < -0.4 is 0 Å². The number of hydrogen-bond donors (Lipinski definition) is 0. The molecule has 0 fully saturated rings. The molecule has 4 nitrogen and oxygen atoms in total. The van der Waals surface area contributed by atoms with Crippen LogP contribution in [0.3, 0.4) is 0 Å². The second-order valence-corrected chi connectivity index (χ2v) is 2.50. The molecule has 0 unspecified atom stereocenters. The zero-order valence-electron chi connectivity index (χ0n) is 6.68. The van der Waals surface area contributed by atoms with E-state index in [1.165, 1.54) is 6.39 Å². The molecule has 1 aromatic heterocycles. The highest BCUT2D eigenvalue weighted by molar-refractivity contribution is 5.77. The highest BCUT2D eigenvalue weighted by Crippen LogP contribution is 2.14. The molecule has 0 spiro atoms. The van der Waals surface area contributed by atoms with Gasteiger partial charge in [0, 0.05) is 11.1 Å². The van der Waals surface area contributed by atoms with Crippen LogP contribution in [0.1, 0.15) is 10.4 Å². The fraction of sp³-hybridized carbons (Fsp3) is 0. The maximum Gasteiger partial charge on any atom is 0.214 e. The summed E-state index contributed by atoms with van der Waals surface area (Å²) in [6.45, 7) is 0. The summed E-state index contributed by atoms with van der Waals surface area (Å²) >= 11 is 0. The highest BCUT2D eigenvalue weighted by Gasteiger charge is 2.02. The van der Waals surface area contributed by atoms with E-state index in [9.17, 15) is 4.79 Å². The van der Waals surface area contributed by atoms with E-state index >= 15 is 0 Å². The van der Waals surface area contributed by atoms with Crippen LogP contribution in [0.15, 0.2) is 35.2 Å². The number of carbonyl (C=O) groups is 1. The van der Waals surface area contributed by atoms with Crippen molar-refractivity contribution in [2.45, 2.75) is 0 Å². The van der Waals surface area contributed by atoms with E-state index in [1.54, 1.807) is 18.2 Å². The monoisotopic (exact) mass is 174 g/mol. The van der Waals surface area contributed by atoms with Gasteiger partial charge in [-0.2, -0.15) is 4.98 Å². The summed E-state index contributed by atoms with van der Waals surface area (Å²) in [5, 5.41) is 3.66. The minimum atomic E-state index is 0.490. The summed E-state index contributed by atoms with van der Waals surface area (Å²) in [5.41, 5.74) is 1.38. The van der Waals surface area contributed by atoms with Crippen molar-refractivity contribution in [3.63, 3.8) is 0 Å². The summed E-state index contributed by atoms with van der Waals surface area (Å²) < 4.78 is 4.59. The average molecular weight is 174 g/mol. The Morgan fingerprint density at radius 2 is 2.31 bits per heavy atom. The Hall–Kier alpha value is -1.97. The van der Waals surface area contributed by atoms with E-state index in [1.807, 2.05) is 6.07 Å². The van der Waals surface area contributed by atoms with Crippen molar-refractivity contribution in [1.29, 1.82) is 0 Å². The largest absolute Gasteiger partial charge is 0.342 e. The molecule has 0 amide bonds. The first-order chi connectivity index (χ1) is 6.40. The van der Waals surface area contributed by atoms with E-state index in [-0.39, 0.29) is 0 Å². The molecule has 4 heteroatoms. The van der Waals surface area contributed by atoms with E-state index in [2.05, 4.69) is 14.7 Å². The third-order valence-corrected chi connectivity index (χ3v) is 1.64. The number of rotatable bonds is 2. The number of aldehydes is 1.